The third-order valence-corrected chi connectivity index (χ3v) is 4.70. The second kappa shape index (κ2) is 6.40. The molecule has 2 aromatic heterocycles. The number of halogens is 3. The second-order valence-electron chi connectivity index (χ2n) is 6.55. The highest BCUT2D eigenvalue weighted by atomic mass is 19.3. The molecule has 29 heavy (non-hydrogen) atoms. The van der Waals surface area contributed by atoms with Crippen LogP contribution in [0.2, 0.25) is 0 Å². The largest absolute Gasteiger partial charge is 0.347 e. The van der Waals surface area contributed by atoms with Crippen molar-refractivity contribution < 1.29 is 13.2 Å². The molecule has 144 valence electrons. The summed E-state index contributed by atoms with van der Waals surface area (Å²) in [6, 6.07) is 13.3. The van der Waals surface area contributed by atoms with Gasteiger partial charge in [0.25, 0.3) is 0 Å². The molecular formula is C20H13F3N6. The number of hydrogen-bond acceptors (Lipinski definition) is 5. The van der Waals surface area contributed by atoms with Crippen LogP contribution in [0.5, 0.6) is 0 Å². The molecular weight excluding hydrogens is 381 g/mol. The average molecular weight is 394 g/mol. The summed E-state index contributed by atoms with van der Waals surface area (Å²) >= 11 is 0. The summed E-state index contributed by atoms with van der Waals surface area (Å²) in [6.45, 7) is 0.261. The van der Waals surface area contributed by atoms with Crippen LogP contribution in [0.25, 0.3) is 10.9 Å². The average Bonchev–Trinajstić information content (AvgIpc) is 3.18. The molecule has 0 saturated heterocycles. The van der Waals surface area contributed by atoms with Gasteiger partial charge in [-0.1, -0.05) is 24.3 Å². The van der Waals surface area contributed by atoms with Crippen LogP contribution in [0.1, 0.15) is 17.0 Å². The molecule has 0 radical (unpaired) electrons. The smallest absolute Gasteiger partial charge is 0.333 e. The number of alkyl halides is 2. The SMILES string of the molecule is Fc1ccc(C2=Nn3c(nnc3C(F)(F)c3ccc4ncccc4c3)NC2)cc1. The normalized spacial score (nSPS) is 13.7. The summed E-state index contributed by atoms with van der Waals surface area (Å²) in [7, 11) is 0. The topological polar surface area (TPSA) is 68.0 Å². The van der Waals surface area contributed by atoms with E-state index in [9.17, 15) is 4.39 Å². The van der Waals surface area contributed by atoms with Gasteiger partial charge in [0, 0.05) is 17.1 Å². The Bertz CT molecular complexity index is 1250. The van der Waals surface area contributed by atoms with Gasteiger partial charge in [0.05, 0.1) is 17.8 Å². The lowest BCUT2D eigenvalue weighted by Crippen LogP contribution is -2.27. The van der Waals surface area contributed by atoms with E-state index in [1.165, 1.54) is 30.3 Å². The van der Waals surface area contributed by atoms with Crippen molar-refractivity contribution in [2.45, 2.75) is 5.92 Å². The molecule has 3 heterocycles. The van der Waals surface area contributed by atoms with E-state index in [-0.39, 0.29) is 23.9 Å². The lowest BCUT2D eigenvalue weighted by molar-refractivity contribution is 0.0295. The molecule has 0 spiro atoms. The zero-order valence-electron chi connectivity index (χ0n) is 14.9. The maximum Gasteiger partial charge on any atom is 0.333 e. The highest BCUT2D eigenvalue weighted by Gasteiger charge is 2.41. The second-order valence-corrected chi connectivity index (χ2v) is 6.55. The van der Waals surface area contributed by atoms with Crippen LogP contribution < -0.4 is 5.32 Å². The first-order valence-corrected chi connectivity index (χ1v) is 8.79. The predicted molar refractivity (Wildman–Crippen MR) is 102 cm³/mol. The lowest BCUT2D eigenvalue weighted by Gasteiger charge is -2.20. The molecule has 2 aromatic carbocycles. The molecule has 0 saturated carbocycles. The Balaban J connectivity index is 1.59. The van der Waals surface area contributed by atoms with E-state index in [0.29, 0.717) is 22.2 Å². The molecule has 5 rings (SSSR count). The maximum atomic E-state index is 15.3. The molecule has 0 atom stereocenters. The van der Waals surface area contributed by atoms with Crippen molar-refractivity contribution in [2.75, 3.05) is 11.9 Å². The van der Waals surface area contributed by atoms with Gasteiger partial charge >= 0.3 is 5.92 Å². The molecule has 0 aliphatic carbocycles. The fraction of sp³-hybridized carbons (Fsp3) is 0.100. The number of benzene rings is 2. The fourth-order valence-electron chi connectivity index (χ4n) is 3.20. The summed E-state index contributed by atoms with van der Waals surface area (Å²) in [5.41, 5.74) is 1.47. The van der Waals surface area contributed by atoms with E-state index in [4.69, 9.17) is 0 Å². The Morgan fingerprint density at radius 2 is 1.83 bits per heavy atom. The van der Waals surface area contributed by atoms with Crippen LogP contribution in [0.3, 0.4) is 0 Å². The van der Waals surface area contributed by atoms with E-state index < -0.39 is 11.7 Å². The van der Waals surface area contributed by atoms with Crippen molar-refractivity contribution in [1.29, 1.82) is 0 Å². The van der Waals surface area contributed by atoms with Gasteiger partial charge in [-0.25, -0.2) is 4.39 Å². The van der Waals surface area contributed by atoms with Gasteiger partial charge in [-0.2, -0.15) is 18.6 Å². The highest BCUT2D eigenvalue weighted by Crippen LogP contribution is 2.37. The Labute approximate surface area is 162 Å². The van der Waals surface area contributed by atoms with E-state index >= 15 is 8.78 Å². The van der Waals surface area contributed by atoms with Crippen LogP contribution in [0.4, 0.5) is 19.1 Å². The minimum Gasteiger partial charge on any atom is -0.347 e. The summed E-state index contributed by atoms with van der Waals surface area (Å²) in [5, 5.41) is 15.3. The molecule has 1 aliphatic rings. The number of hydrogen-bond donors (Lipinski definition) is 1. The first kappa shape index (κ1) is 17.4. The van der Waals surface area contributed by atoms with Crippen LogP contribution in [0, 0.1) is 5.82 Å². The summed E-state index contributed by atoms with van der Waals surface area (Å²) in [6.07, 6.45) is 1.60. The first-order chi connectivity index (χ1) is 14.0. The number of pyridine rings is 1. The van der Waals surface area contributed by atoms with Crippen molar-refractivity contribution in [1.82, 2.24) is 19.9 Å². The van der Waals surface area contributed by atoms with Gasteiger partial charge < -0.3 is 5.32 Å². The van der Waals surface area contributed by atoms with Crippen LogP contribution in [0.15, 0.2) is 65.9 Å². The molecule has 0 amide bonds. The van der Waals surface area contributed by atoms with Crippen molar-refractivity contribution in [3.63, 3.8) is 0 Å². The third-order valence-electron chi connectivity index (χ3n) is 4.70. The van der Waals surface area contributed by atoms with E-state index in [0.717, 1.165) is 4.68 Å². The van der Waals surface area contributed by atoms with Gasteiger partial charge in [-0.05, 0) is 35.9 Å². The number of aromatic nitrogens is 4. The predicted octanol–water partition coefficient (Wildman–Crippen LogP) is 3.78. The van der Waals surface area contributed by atoms with Gasteiger partial charge in [0.1, 0.15) is 5.82 Å². The number of nitrogens with one attached hydrogen (secondary N) is 1. The summed E-state index contributed by atoms with van der Waals surface area (Å²) < 4.78 is 44.8. The zero-order chi connectivity index (χ0) is 20.0. The van der Waals surface area contributed by atoms with Crippen LogP contribution in [-0.2, 0) is 5.92 Å². The third kappa shape index (κ3) is 2.91. The Kier molecular flexibility index (Phi) is 3.83. The zero-order valence-corrected chi connectivity index (χ0v) is 14.9. The van der Waals surface area contributed by atoms with Crippen molar-refractivity contribution in [3.8, 4) is 0 Å². The molecule has 0 unspecified atom stereocenters. The molecule has 6 nitrogen and oxygen atoms in total. The Morgan fingerprint density at radius 3 is 2.66 bits per heavy atom. The van der Waals surface area contributed by atoms with Crippen LogP contribution >= 0.6 is 0 Å². The first-order valence-electron chi connectivity index (χ1n) is 8.79. The molecule has 1 N–H and O–H groups in total. The highest BCUT2D eigenvalue weighted by molar-refractivity contribution is 6.03. The number of fused-ring (bicyclic) bond motifs is 2. The van der Waals surface area contributed by atoms with Crippen molar-refractivity contribution in [2.24, 2.45) is 5.10 Å². The Morgan fingerprint density at radius 1 is 1.00 bits per heavy atom. The number of rotatable bonds is 3. The Hall–Kier alpha value is -3.75. The van der Waals surface area contributed by atoms with Gasteiger partial charge in [-0.3, -0.25) is 4.98 Å². The van der Waals surface area contributed by atoms with E-state index in [1.54, 1.807) is 30.5 Å². The molecule has 0 fully saturated rings. The van der Waals surface area contributed by atoms with Gasteiger partial charge in [0.2, 0.25) is 11.8 Å². The summed E-state index contributed by atoms with van der Waals surface area (Å²) in [4.78, 5) is 4.15. The molecule has 9 heteroatoms. The maximum absolute atomic E-state index is 15.3. The molecule has 4 aromatic rings. The fourth-order valence-corrected chi connectivity index (χ4v) is 3.20. The molecule has 0 bridgehead atoms. The van der Waals surface area contributed by atoms with Gasteiger partial charge in [0.15, 0.2) is 0 Å². The number of anilines is 1. The van der Waals surface area contributed by atoms with Crippen molar-refractivity contribution in [3.05, 3.63) is 83.6 Å². The van der Waals surface area contributed by atoms with Gasteiger partial charge in [-0.15, -0.1) is 10.2 Å². The lowest BCUT2D eigenvalue weighted by atomic mass is 10.0. The molecule has 1 aliphatic heterocycles. The van der Waals surface area contributed by atoms with E-state index in [1.807, 2.05) is 0 Å². The minimum absolute atomic E-state index is 0.119. The quantitative estimate of drug-likeness (QED) is 0.574. The monoisotopic (exact) mass is 394 g/mol. The van der Waals surface area contributed by atoms with Crippen molar-refractivity contribution >= 4 is 22.6 Å². The summed E-state index contributed by atoms with van der Waals surface area (Å²) in [5.74, 6) is -4.32. The van der Waals surface area contributed by atoms with Crippen LogP contribution in [-0.4, -0.2) is 32.1 Å². The standard InChI is InChI=1S/C20H13F3N6/c21-15-6-3-12(4-7-15)17-11-25-19-27-26-18(29(19)28-17)20(22,23)14-5-8-16-13(10-14)2-1-9-24-16/h1-10H,11H2,(H,25,27). The van der Waals surface area contributed by atoms with E-state index in [2.05, 4.69) is 25.6 Å². The number of nitrogens with zero attached hydrogens (tertiary/aromatic N) is 5. The minimum atomic E-state index is -3.44.